The van der Waals surface area contributed by atoms with E-state index < -0.39 is 68.0 Å². The molecule has 324 valence electrons. The van der Waals surface area contributed by atoms with Crippen molar-refractivity contribution in [1.29, 1.82) is 0 Å². The Hall–Kier alpha value is -5.09. The number of aryl methyl sites for hydroxylation is 1. The topological polar surface area (TPSA) is 169 Å². The number of benzene rings is 2. The van der Waals surface area contributed by atoms with E-state index in [9.17, 15) is 22.8 Å². The number of anilines is 1. The van der Waals surface area contributed by atoms with E-state index in [1.807, 2.05) is 42.7 Å². The van der Waals surface area contributed by atoms with E-state index in [4.69, 9.17) is 19.4 Å². The van der Waals surface area contributed by atoms with Gasteiger partial charge in [0.1, 0.15) is 51.7 Å². The summed E-state index contributed by atoms with van der Waals surface area (Å²) in [7, 11) is -2.41. The fourth-order valence-corrected chi connectivity index (χ4v) is 10.6. The summed E-state index contributed by atoms with van der Waals surface area (Å²) in [5.74, 6) is -1.42. The molecule has 0 unspecified atom stereocenters. The molecule has 8 rings (SSSR count). The van der Waals surface area contributed by atoms with E-state index in [0.717, 1.165) is 24.1 Å². The highest BCUT2D eigenvalue weighted by atomic mass is 32.2. The van der Waals surface area contributed by atoms with Gasteiger partial charge in [0, 0.05) is 34.7 Å². The third kappa shape index (κ3) is 8.45. The molecule has 16 heteroatoms. The second-order valence-electron chi connectivity index (χ2n) is 17.4. The molecule has 3 fully saturated rings. The molecule has 0 spiro atoms. The van der Waals surface area contributed by atoms with E-state index in [0.29, 0.717) is 65.2 Å². The lowest BCUT2D eigenvalue weighted by atomic mass is 10.0. The Morgan fingerprint density at radius 3 is 2.59 bits per heavy atom. The number of rotatable bonds is 10. The van der Waals surface area contributed by atoms with Gasteiger partial charge in [0.25, 0.3) is 5.91 Å². The summed E-state index contributed by atoms with van der Waals surface area (Å²) in [6.07, 6.45) is 7.60. The summed E-state index contributed by atoms with van der Waals surface area (Å²) in [4.78, 5) is 54.9. The number of pyridine rings is 1. The van der Waals surface area contributed by atoms with Gasteiger partial charge >= 0.3 is 0 Å². The number of halogens is 1. The van der Waals surface area contributed by atoms with Crippen molar-refractivity contribution in [2.24, 2.45) is 5.92 Å². The third-order valence-corrected chi connectivity index (χ3v) is 15.7. The van der Waals surface area contributed by atoms with Crippen LogP contribution in [0.15, 0.2) is 60.0 Å². The van der Waals surface area contributed by atoms with Gasteiger partial charge in [0.05, 0.1) is 35.3 Å². The smallest absolute Gasteiger partial charge is 0.259 e. The number of aromatic nitrogens is 2. The fraction of sp³-hybridized carbons (Fsp3) is 0.489. The highest BCUT2D eigenvalue weighted by Gasteiger charge is 2.63. The summed E-state index contributed by atoms with van der Waals surface area (Å²) in [5, 5.41) is 9.51. The van der Waals surface area contributed by atoms with Gasteiger partial charge in [-0.1, -0.05) is 51.0 Å². The van der Waals surface area contributed by atoms with Gasteiger partial charge in [0.2, 0.25) is 21.8 Å². The van der Waals surface area contributed by atoms with Gasteiger partial charge < -0.3 is 25.0 Å². The third-order valence-electron chi connectivity index (χ3n) is 12.7. The lowest BCUT2D eigenvalue weighted by molar-refractivity contribution is -0.140. The lowest BCUT2D eigenvalue weighted by Crippen LogP contribution is -2.58. The number of thiazole rings is 1. The number of para-hydroxylation sites is 1. The minimum absolute atomic E-state index is 0.00463. The predicted molar refractivity (Wildman–Crippen MR) is 232 cm³/mol. The molecular weight excluding hydrogens is 820 g/mol. The SMILES string of the molecule is COc1ccc2c(O[C@@H]3C[C@H]4C(=O)N[C@]5(C(=O)NS(=O)(=O)C6(C)CC6)C[C@H]5/C=C\CCCCC[C@H](Nc5ccccc5F)C(=O)N4C3)cc(-c3nc(C(C)C)cs3)nc2c1C. The Kier molecular flexibility index (Phi) is 11.6. The minimum atomic E-state index is -4.01. The number of allylic oxidation sites excluding steroid dienone is 1. The summed E-state index contributed by atoms with van der Waals surface area (Å²) >= 11 is 1.48. The van der Waals surface area contributed by atoms with Crippen LogP contribution in [0.25, 0.3) is 21.6 Å². The second kappa shape index (κ2) is 16.6. The van der Waals surface area contributed by atoms with Gasteiger partial charge in [-0.25, -0.2) is 22.8 Å². The van der Waals surface area contributed by atoms with Crippen LogP contribution in [-0.4, -0.2) is 83.1 Å². The van der Waals surface area contributed by atoms with Crippen LogP contribution in [0.3, 0.4) is 0 Å². The van der Waals surface area contributed by atoms with Gasteiger partial charge in [0.15, 0.2) is 0 Å². The number of hydrogen-bond donors (Lipinski definition) is 3. The van der Waals surface area contributed by atoms with Crippen molar-refractivity contribution >= 4 is 55.7 Å². The Labute approximate surface area is 359 Å². The quantitative estimate of drug-likeness (QED) is 0.139. The van der Waals surface area contributed by atoms with E-state index in [1.54, 1.807) is 32.2 Å². The van der Waals surface area contributed by atoms with Crippen molar-refractivity contribution < 1.29 is 36.7 Å². The Balaban J connectivity index is 1.16. The average Bonchev–Trinajstić information content (AvgIpc) is 4.00. The summed E-state index contributed by atoms with van der Waals surface area (Å²) < 4.78 is 55.4. The maximum atomic E-state index is 15.1. The van der Waals surface area contributed by atoms with E-state index in [2.05, 4.69) is 29.2 Å². The molecule has 5 atom stereocenters. The molecule has 13 nitrogen and oxygen atoms in total. The zero-order valence-electron chi connectivity index (χ0n) is 35.1. The average molecular weight is 873 g/mol. The Morgan fingerprint density at radius 1 is 1.08 bits per heavy atom. The van der Waals surface area contributed by atoms with Gasteiger partial charge in [-0.15, -0.1) is 11.3 Å². The largest absolute Gasteiger partial charge is 0.496 e. The van der Waals surface area contributed by atoms with Crippen LogP contribution in [0.5, 0.6) is 11.5 Å². The monoisotopic (exact) mass is 872 g/mol. The van der Waals surface area contributed by atoms with Crippen LogP contribution in [-0.2, 0) is 24.4 Å². The van der Waals surface area contributed by atoms with Crippen LogP contribution in [0.4, 0.5) is 10.1 Å². The van der Waals surface area contributed by atoms with Crippen molar-refractivity contribution in [2.75, 3.05) is 19.0 Å². The van der Waals surface area contributed by atoms with E-state index >= 15 is 4.39 Å². The summed E-state index contributed by atoms with van der Waals surface area (Å²) in [6.45, 7) is 7.67. The Morgan fingerprint density at radius 2 is 1.87 bits per heavy atom. The van der Waals surface area contributed by atoms with E-state index in [1.165, 1.54) is 22.3 Å². The summed E-state index contributed by atoms with van der Waals surface area (Å²) in [6, 6.07) is 9.71. The zero-order valence-corrected chi connectivity index (χ0v) is 36.8. The second-order valence-corrected chi connectivity index (χ2v) is 20.5. The van der Waals surface area contributed by atoms with Gasteiger partial charge in [-0.2, -0.15) is 0 Å². The van der Waals surface area contributed by atoms with Crippen molar-refractivity contribution in [3.63, 3.8) is 0 Å². The molecule has 0 radical (unpaired) electrons. The number of sulfonamides is 1. The molecule has 2 aromatic carbocycles. The first kappa shape index (κ1) is 42.6. The summed E-state index contributed by atoms with van der Waals surface area (Å²) in [5.41, 5.74) is 1.63. The molecule has 0 bridgehead atoms. The molecule has 2 saturated carbocycles. The Bertz CT molecular complexity index is 2510. The highest BCUT2D eigenvalue weighted by Crippen LogP contribution is 2.48. The predicted octanol–water partition coefficient (Wildman–Crippen LogP) is 7.16. The van der Waals surface area contributed by atoms with Gasteiger partial charge in [-0.3, -0.25) is 19.1 Å². The fourth-order valence-electron chi connectivity index (χ4n) is 8.37. The molecule has 4 heterocycles. The number of carbonyl (C=O) groups is 3. The van der Waals surface area contributed by atoms with Crippen LogP contribution in [0.1, 0.15) is 95.7 Å². The number of fused-ring (bicyclic) bond motifs is 3. The molecule has 4 aliphatic rings. The number of nitrogens with zero attached hydrogens (tertiary/aromatic N) is 3. The van der Waals surface area contributed by atoms with Crippen LogP contribution < -0.4 is 24.8 Å². The van der Waals surface area contributed by atoms with E-state index in [-0.39, 0.29) is 31.0 Å². The zero-order chi connectivity index (χ0) is 43.3. The highest BCUT2D eigenvalue weighted by molar-refractivity contribution is 7.91. The molecule has 4 aromatic rings. The maximum absolute atomic E-state index is 15.1. The number of carbonyl (C=O) groups excluding carboxylic acids is 3. The molecule has 2 aliphatic carbocycles. The minimum Gasteiger partial charge on any atom is -0.496 e. The first-order chi connectivity index (χ1) is 29.1. The van der Waals surface area contributed by atoms with Crippen molar-refractivity contribution in [3.8, 4) is 22.2 Å². The molecule has 3 amide bonds. The first-order valence-corrected chi connectivity index (χ1v) is 23.5. The molecule has 2 aromatic heterocycles. The van der Waals surface area contributed by atoms with Crippen LogP contribution in [0.2, 0.25) is 0 Å². The normalized spacial score (nSPS) is 25.7. The van der Waals surface area contributed by atoms with Crippen molar-refractivity contribution in [3.05, 3.63) is 77.1 Å². The van der Waals surface area contributed by atoms with Crippen LogP contribution >= 0.6 is 11.3 Å². The number of amides is 3. The van der Waals surface area contributed by atoms with Crippen LogP contribution in [0, 0.1) is 18.7 Å². The molecule has 1 saturated heterocycles. The molecule has 2 aliphatic heterocycles. The lowest BCUT2D eigenvalue weighted by Gasteiger charge is -2.30. The molecular formula is C45H53FN6O7S2. The number of hydrogen-bond acceptors (Lipinski definition) is 11. The molecule has 3 N–H and O–H groups in total. The number of nitrogens with one attached hydrogen (secondary N) is 3. The standard InChI is InChI=1S/C45H53FN6O7S2/c1-26(2)35-25-60-41(49-35)34-22-38(30-17-18-37(58-5)27(3)39(30)48-34)59-29-21-36-40(53)50-45(43(55)51-61(56,57)44(4)19-20-44)23-28(45)13-9-7-6-8-10-16-33(42(54)52(36)24-29)47-32-15-12-11-14-31(32)46/h9,11-15,17-18,22,25-26,28-29,33,36,47H,6-8,10,16,19-21,23-24H2,1-5H3,(H,50,53)(H,51,55)/b13-9-/t28-,29-,33+,36+,45-/m1/s1. The van der Waals surface area contributed by atoms with Crippen molar-refractivity contribution in [1.82, 2.24) is 24.9 Å². The maximum Gasteiger partial charge on any atom is 0.259 e. The number of ether oxygens (including phenoxy) is 2. The van der Waals surface area contributed by atoms with Gasteiger partial charge in [-0.05, 0) is 82.6 Å². The number of methoxy groups -OCH3 is 1. The molecule has 61 heavy (non-hydrogen) atoms. The van der Waals surface area contributed by atoms with Crippen molar-refractivity contribution in [2.45, 2.75) is 120 Å². The first-order valence-electron chi connectivity index (χ1n) is 21.1.